The quantitative estimate of drug-likeness (QED) is 0.502. The van der Waals surface area contributed by atoms with Gasteiger partial charge in [0, 0.05) is 20.8 Å². The van der Waals surface area contributed by atoms with Gasteiger partial charge in [0.15, 0.2) is 0 Å². The molecule has 0 aromatic rings. The molecule has 0 fully saturated rings. The van der Waals surface area contributed by atoms with E-state index in [-0.39, 0.29) is 11.0 Å². The van der Waals surface area contributed by atoms with E-state index in [9.17, 15) is 0 Å². The average molecular weight is 224 g/mol. The Bertz CT molecular complexity index is 142. The molecule has 0 bridgehead atoms. The molecule has 0 amide bonds. The van der Waals surface area contributed by atoms with Crippen LogP contribution >= 0.6 is 11.6 Å². The number of methoxy groups -OCH3 is 2. The van der Waals surface area contributed by atoms with E-state index in [4.69, 9.17) is 21.1 Å². The van der Waals surface area contributed by atoms with Crippen molar-refractivity contribution in [3.05, 3.63) is 0 Å². The Balaban J connectivity index is 3.37. The SMILES string of the molecule is COCC(Cl)CNCCC(C)(C)OC. The zero-order chi connectivity index (χ0) is 11.0. The lowest BCUT2D eigenvalue weighted by atomic mass is 10.1. The molecule has 0 heterocycles. The van der Waals surface area contributed by atoms with E-state index in [0.29, 0.717) is 6.61 Å². The van der Waals surface area contributed by atoms with Gasteiger partial charge < -0.3 is 14.8 Å². The van der Waals surface area contributed by atoms with Gasteiger partial charge in [-0.05, 0) is 26.8 Å². The fourth-order valence-corrected chi connectivity index (χ4v) is 1.23. The summed E-state index contributed by atoms with van der Waals surface area (Å²) >= 11 is 5.95. The Morgan fingerprint density at radius 2 is 2.00 bits per heavy atom. The minimum atomic E-state index is -0.0595. The smallest absolute Gasteiger partial charge is 0.0693 e. The number of hydrogen-bond donors (Lipinski definition) is 1. The Hall–Kier alpha value is 0.170. The highest BCUT2D eigenvalue weighted by molar-refractivity contribution is 6.20. The largest absolute Gasteiger partial charge is 0.383 e. The second-order valence-corrected chi connectivity index (χ2v) is 4.59. The number of halogens is 1. The number of rotatable bonds is 8. The summed E-state index contributed by atoms with van der Waals surface area (Å²) in [5.74, 6) is 0. The van der Waals surface area contributed by atoms with Crippen LogP contribution in [-0.2, 0) is 9.47 Å². The number of ether oxygens (including phenoxy) is 2. The molecule has 0 radical (unpaired) electrons. The first-order valence-corrected chi connectivity index (χ1v) is 5.34. The van der Waals surface area contributed by atoms with Crippen molar-refractivity contribution >= 4 is 11.6 Å². The van der Waals surface area contributed by atoms with Gasteiger partial charge in [-0.25, -0.2) is 0 Å². The molecule has 1 atom stereocenters. The van der Waals surface area contributed by atoms with E-state index >= 15 is 0 Å². The molecule has 0 aliphatic heterocycles. The maximum Gasteiger partial charge on any atom is 0.0693 e. The Morgan fingerprint density at radius 1 is 1.36 bits per heavy atom. The summed E-state index contributed by atoms with van der Waals surface area (Å²) in [7, 11) is 3.39. The fraction of sp³-hybridized carbons (Fsp3) is 1.00. The van der Waals surface area contributed by atoms with Gasteiger partial charge in [-0.2, -0.15) is 0 Å². The van der Waals surface area contributed by atoms with Crippen LogP contribution in [0.15, 0.2) is 0 Å². The molecule has 86 valence electrons. The van der Waals surface area contributed by atoms with Gasteiger partial charge in [0.05, 0.1) is 17.6 Å². The van der Waals surface area contributed by atoms with Crippen molar-refractivity contribution in [3.63, 3.8) is 0 Å². The van der Waals surface area contributed by atoms with Crippen LogP contribution in [0, 0.1) is 0 Å². The summed E-state index contributed by atoms with van der Waals surface area (Å²) in [6.07, 6.45) is 0.972. The van der Waals surface area contributed by atoms with Gasteiger partial charge in [0.1, 0.15) is 0 Å². The predicted octanol–water partition coefficient (Wildman–Crippen LogP) is 1.64. The minimum Gasteiger partial charge on any atom is -0.383 e. The van der Waals surface area contributed by atoms with Crippen LogP contribution < -0.4 is 5.32 Å². The summed E-state index contributed by atoms with van der Waals surface area (Å²) in [4.78, 5) is 0. The van der Waals surface area contributed by atoms with E-state index in [1.165, 1.54) is 0 Å². The lowest BCUT2D eigenvalue weighted by Crippen LogP contribution is -2.32. The molecule has 0 aromatic heterocycles. The minimum absolute atomic E-state index is 0.0469. The maximum absolute atomic E-state index is 5.95. The van der Waals surface area contributed by atoms with Gasteiger partial charge in [-0.1, -0.05) is 0 Å². The number of alkyl halides is 1. The summed E-state index contributed by atoms with van der Waals surface area (Å²) < 4.78 is 10.2. The molecule has 1 N–H and O–H groups in total. The number of nitrogens with one attached hydrogen (secondary N) is 1. The van der Waals surface area contributed by atoms with Gasteiger partial charge in [-0.3, -0.25) is 0 Å². The molecule has 0 aliphatic rings. The van der Waals surface area contributed by atoms with Crippen molar-refractivity contribution in [2.24, 2.45) is 0 Å². The van der Waals surface area contributed by atoms with Crippen molar-refractivity contribution in [1.29, 1.82) is 0 Å². The highest BCUT2D eigenvalue weighted by Gasteiger charge is 2.15. The van der Waals surface area contributed by atoms with E-state index in [0.717, 1.165) is 19.5 Å². The molecule has 0 saturated carbocycles. The van der Waals surface area contributed by atoms with Crippen LogP contribution in [0.4, 0.5) is 0 Å². The van der Waals surface area contributed by atoms with Gasteiger partial charge >= 0.3 is 0 Å². The lowest BCUT2D eigenvalue weighted by molar-refractivity contribution is 0.0158. The molecule has 0 aromatic carbocycles. The van der Waals surface area contributed by atoms with Crippen LogP contribution in [0.1, 0.15) is 20.3 Å². The third kappa shape index (κ3) is 7.56. The van der Waals surface area contributed by atoms with E-state index < -0.39 is 0 Å². The van der Waals surface area contributed by atoms with Crippen LogP contribution in [0.25, 0.3) is 0 Å². The zero-order valence-electron chi connectivity index (χ0n) is 9.60. The van der Waals surface area contributed by atoms with Crippen LogP contribution in [0.3, 0.4) is 0 Å². The molecule has 3 nitrogen and oxygen atoms in total. The fourth-order valence-electron chi connectivity index (χ4n) is 0.990. The van der Waals surface area contributed by atoms with Crippen LogP contribution in [-0.4, -0.2) is 44.9 Å². The molecule has 4 heteroatoms. The molecular formula is C10H22ClNO2. The van der Waals surface area contributed by atoms with Crippen LogP contribution in [0.2, 0.25) is 0 Å². The van der Waals surface area contributed by atoms with E-state index in [2.05, 4.69) is 19.2 Å². The highest BCUT2D eigenvalue weighted by atomic mass is 35.5. The zero-order valence-corrected chi connectivity index (χ0v) is 10.4. The van der Waals surface area contributed by atoms with Gasteiger partial charge in [0.2, 0.25) is 0 Å². The normalized spacial score (nSPS) is 14.4. The third-order valence-electron chi connectivity index (χ3n) is 2.17. The Kier molecular flexibility index (Phi) is 7.55. The van der Waals surface area contributed by atoms with Crippen molar-refractivity contribution in [2.75, 3.05) is 33.9 Å². The molecule has 1 unspecified atom stereocenters. The lowest BCUT2D eigenvalue weighted by Gasteiger charge is -2.23. The summed E-state index contributed by atoms with van der Waals surface area (Å²) in [5.41, 5.74) is -0.0595. The summed E-state index contributed by atoms with van der Waals surface area (Å²) in [6, 6.07) is 0. The first kappa shape index (κ1) is 14.2. The Morgan fingerprint density at radius 3 is 2.50 bits per heavy atom. The topological polar surface area (TPSA) is 30.5 Å². The van der Waals surface area contributed by atoms with Gasteiger partial charge in [-0.15, -0.1) is 11.6 Å². The van der Waals surface area contributed by atoms with E-state index in [1.54, 1.807) is 14.2 Å². The van der Waals surface area contributed by atoms with Crippen molar-refractivity contribution in [3.8, 4) is 0 Å². The standard InChI is InChI=1S/C10H22ClNO2/c1-10(2,14-4)5-6-12-7-9(11)8-13-3/h9,12H,5-8H2,1-4H3. The first-order chi connectivity index (χ1) is 6.52. The third-order valence-corrected chi connectivity index (χ3v) is 2.45. The molecule has 0 rings (SSSR count). The summed E-state index contributed by atoms with van der Waals surface area (Å²) in [5, 5.41) is 3.32. The monoisotopic (exact) mass is 223 g/mol. The highest BCUT2D eigenvalue weighted by Crippen LogP contribution is 2.11. The molecule has 0 saturated heterocycles. The average Bonchev–Trinajstić information content (AvgIpc) is 2.13. The summed E-state index contributed by atoms with van der Waals surface area (Å²) in [6.45, 7) is 6.41. The first-order valence-electron chi connectivity index (χ1n) is 4.90. The maximum atomic E-state index is 5.95. The second-order valence-electron chi connectivity index (χ2n) is 3.97. The second kappa shape index (κ2) is 7.46. The van der Waals surface area contributed by atoms with E-state index in [1.807, 2.05) is 0 Å². The molecule has 0 aliphatic carbocycles. The van der Waals surface area contributed by atoms with Crippen LogP contribution in [0.5, 0.6) is 0 Å². The Labute approximate surface area is 92.1 Å². The molecule has 0 spiro atoms. The van der Waals surface area contributed by atoms with Crippen molar-refractivity contribution in [1.82, 2.24) is 5.32 Å². The molecule has 14 heavy (non-hydrogen) atoms. The van der Waals surface area contributed by atoms with Crippen molar-refractivity contribution < 1.29 is 9.47 Å². The van der Waals surface area contributed by atoms with Crippen molar-refractivity contribution in [2.45, 2.75) is 31.2 Å². The number of hydrogen-bond acceptors (Lipinski definition) is 3. The van der Waals surface area contributed by atoms with Gasteiger partial charge in [0.25, 0.3) is 0 Å². The molecular weight excluding hydrogens is 202 g/mol. The predicted molar refractivity (Wildman–Crippen MR) is 60.1 cm³/mol.